The van der Waals surface area contributed by atoms with Gasteiger partial charge in [-0.1, -0.05) is 30.3 Å². The molecule has 92 valence electrons. The monoisotopic (exact) mass is 261 g/mol. The minimum Gasteiger partial charge on any atom is -0.508 e. The van der Waals surface area contributed by atoms with Gasteiger partial charge in [0.2, 0.25) is 0 Å². The first-order chi connectivity index (χ1) is 8.58. The second-order valence-electron chi connectivity index (χ2n) is 3.62. The standard InChI is InChI=1S/C13H11NO3S/c15-12-6-4-5-11(9-12)10-14-18(16,17)13-7-2-1-3-8-13/h1-10,15H/b14-10+. The largest absolute Gasteiger partial charge is 0.508 e. The van der Waals surface area contributed by atoms with Crippen molar-refractivity contribution >= 4 is 16.2 Å². The normalized spacial score (nSPS) is 11.8. The van der Waals surface area contributed by atoms with Crippen molar-refractivity contribution in [3.05, 3.63) is 60.2 Å². The maximum Gasteiger partial charge on any atom is 0.282 e. The summed E-state index contributed by atoms with van der Waals surface area (Å²) >= 11 is 0. The van der Waals surface area contributed by atoms with E-state index in [0.29, 0.717) is 5.56 Å². The van der Waals surface area contributed by atoms with Crippen LogP contribution in [0.15, 0.2) is 63.9 Å². The quantitative estimate of drug-likeness (QED) is 0.861. The maximum atomic E-state index is 11.8. The number of benzene rings is 2. The predicted molar refractivity (Wildman–Crippen MR) is 69.3 cm³/mol. The second-order valence-corrected chi connectivity index (χ2v) is 5.25. The molecule has 2 aromatic rings. The lowest BCUT2D eigenvalue weighted by Crippen LogP contribution is -1.97. The van der Waals surface area contributed by atoms with Crippen molar-refractivity contribution in [3.8, 4) is 5.75 Å². The number of hydrogen-bond acceptors (Lipinski definition) is 3. The van der Waals surface area contributed by atoms with Crippen LogP contribution < -0.4 is 0 Å². The van der Waals surface area contributed by atoms with Crippen molar-refractivity contribution in [3.63, 3.8) is 0 Å². The molecule has 0 aliphatic rings. The highest BCUT2D eigenvalue weighted by Crippen LogP contribution is 2.13. The minimum absolute atomic E-state index is 0.0658. The van der Waals surface area contributed by atoms with Crippen LogP contribution in [0.4, 0.5) is 0 Å². The van der Waals surface area contributed by atoms with Crippen molar-refractivity contribution in [1.29, 1.82) is 0 Å². The molecule has 0 bridgehead atoms. The molecular formula is C13H11NO3S. The zero-order valence-corrected chi connectivity index (χ0v) is 10.2. The second kappa shape index (κ2) is 5.01. The van der Waals surface area contributed by atoms with Crippen molar-refractivity contribution in [1.82, 2.24) is 0 Å². The molecular weight excluding hydrogens is 250 g/mol. The summed E-state index contributed by atoms with van der Waals surface area (Å²) in [5.74, 6) is 0.0658. The van der Waals surface area contributed by atoms with E-state index >= 15 is 0 Å². The van der Waals surface area contributed by atoms with Gasteiger partial charge in [-0.3, -0.25) is 0 Å². The van der Waals surface area contributed by atoms with Crippen molar-refractivity contribution in [2.75, 3.05) is 0 Å². The van der Waals surface area contributed by atoms with Crippen LogP contribution in [0.1, 0.15) is 5.56 Å². The van der Waals surface area contributed by atoms with Gasteiger partial charge in [-0.05, 0) is 29.8 Å². The molecule has 0 atom stereocenters. The van der Waals surface area contributed by atoms with Crippen molar-refractivity contribution in [2.45, 2.75) is 4.90 Å². The summed E-state index contributed by atoms with van der Waals surface area (Å²) in [7, 11) is -3.68. The van der Waals surface area contributed by atoms with E-state index in [0.717, 1.165) is 0 Å². The number of hydrogen-bond donors (Lipinski definition) is 1. The average Bonchev–Trinajstić information content (AvgIpc) is 2.38. The molecule has 1 N–H and O–H groups in total. The van der Waals surface area contributed by atoms with Gasteiger partial charge in [0.15, 0.2) is 0 Å². The highest BCUT2D eigenvalue weighted by Gasteiger charge is 2.09. The molecule has 0 saturated heterocycles. The van der Waals surface area contributed by atoms with Gasteiger partial charge in [-0.2, -0.15) is 12.8 Å². The molecule has 4 nitrogen and oxygen atoms in total. The van der Waals surface area contributed by atoms with Gasteiger partial charge in [-0.25, -0.2) is 0 Å². The Morgan fingerprint density at radius 2 is 1.72 bits per heavy atom. The Balaban J connectivity index is 2.29. The van der Waals surface area contributed by atoms with E-state index in [1.807, 2.05) is 0 Å². The molecule has 0 saturated carbocycles. The van der Waals surface area contributed by atoms with E-state index in [1.165, 1.54) is 30.5 Å². The smallest absolute Gasteiger partial charge is 0.282 e. The lowest BCUT2D eigenvalue weighted by atomic mass is 10.2. The molecule has 0 spiro atoms. The number of phenolic OH excluding ortho intramolecular Hbond substituents is 1. The third-order valence-electron chi connectivity index (χ3n) is 2.25. The molecule has 2 rings (SSSR count). The number of sulfonamides is 1. The lowest BCUT2D eigenvalue weighted by molar-refractivity contribution is 0.475. The van der Waals surface area contributed by atoms with Crippen molar-refractivity contribution < 1.29 is 13.5 Å². The summed E-state index contributed by atoms with van der Waals surface area (Å²) < 4.78 is 27.2. The van der Waals surface area contributed by atoms with Gasteiger partial charge in [-0.15, -0.1) is 0 Å². The molecule has 18 heavy (non-hydrogen) atoms. The van der Waals surface area contributed by atoms with E-state index < -0.39 is 10.0 Å². The van der Waals surface area contributed by atoms with E-state index in [2.05, 4.69) is 4.40 Å². The van der Waals surface area contributed by atoms with Crippen LogP contribution in [-0.4, -0.2) is 19.7 Å². The number of nitrogens with zero attached hydrogens (tertiary/aromatic N) is 1. The summed E-state index contributed by atoms with van der Waals surface area (Å²) in [6.45, 7) is 0. The Kier molecular flexibility index (Phi) is 3.43. The molecule has 0 aliphatic carbocycles. The molecule has 0 unspecified atom stereocenters. The average molecular weight is 261 g/mol. The van der Waals surface area contributed by atoms with Crippen LogP contribution in [0, 0.1) is 0 Å². The Hall–Kier alpha value is -2.14. The van der Waals surface area contributed by atoms with E-state index in [-0.39, 0.29) is 10.6 Å². The maximum absolute atomic E-state index is 11.8. The van der Waals surface area contributed by atoms with Gasteiger partial charge in [0.25, 0.3) is 10.0 Å². The number of rotatable bonds is 3. The molecule has 0 aromatic heterocycles. The topological polar surface area (TPSA) is 66.7 Å². The minimum atomic E-state index is -3.68. The fraction of sp³-hybridized carbons (Fsp3) is 0. The summed E-state index contributed by atoms with van der Waals surface area (Å²) in [5, 5.41) is 9.25. The van der Waals surface area contributed by atoms with Gasteiger partial charge in [0, 0.05) is 6.21 Å². The summed E-state index contributed by atoms with van der Waals surface area (Å²) in [5.41, 5.74) is 0.523. The fourth-order valence-electron chi connectivity index (χ4n) is 1.39. The first kappa shape index (κ1) is 12.3. The molecule has 0 aliphatic heterocycles. The summed E-state index contributed by atoms with van der Waals surface area (Å²) in [4.78, 5) is 0.140. The van der Waals surface area contributed by atoms with Crippen molar-refractivity contribution in [2.24, 2.45) is 4.40 Å². The Labute approximate surface area is 105 Å². The fourth-order valence-corrected chi connectivity index (χ4v) is 2.27. The van der Waals surface area contributed by atoms with Crippen LogP contribution in [0.5, 0.6) is 5.75 Å². The van der Waals surface area contributed by atoms with E-state index in [1.54, 1.807) is 30.3 Å². The molecule has 0 heterocycles. The summed E-state index contributed by atoms with van der Waals surface area (Å²) in [6.07, 6.45) is 1.21. The zero-order chi connectivity index (χ0) is 13.0. The van der Waals surface area contributed by atoms with Gasteiger partial charge >= 0.3 is 0 Å². The Morgan fingerprint density at radius 1 is 1.00 bits per heavy atom. The Morgan fingerprint density at radius 3 is 2.39 bits per heavy atom. The SMILES string of the molecule is O=S(=O)(/N=C/c1cccc(O)c1)c1ccccc1. The Bertz CT molecular complexity index is 664. The van der Waals surface area contributed by atoms with Crippen LogP contribution in [-0.2, 0) is 10.0 Å². The first-order valence-corrected chi connectivity index (χ1v) is 6.66. The molecule has 5 heteroatoms. The van der Waals surface area contributed by atoms with Crippen LogP contribution in [0.2, 0.25) is 0 Å². The zero-order valence-electron chi connectivity index (χ0n) is 9.39. The number of phenols is 1. The number of aromatic hydroxyl groups is 1. The third kappa shape index (κ3) is 2.95. The lowest BCUT2D eigenvalue weighted by Gasteiger charge is -1.98. The van der Waals surface area contributed by atoms with Crippen LogP contribution in [0.3, 0.4) is 0 Å². The van der Waals surface area contributed by atoms with Gasteiger partial charge in [0.1, 0.15) is 5.75 Å². The highest BCUT2D eigenvalue weighted by molar-refractivity contribution is 7.90. The molecule has 0 radical (unpaired) electrons. The summed E-state index contributed by atoms with van der Waals surface area (Å²) in [6, 6.07) is 14.2. The molecule has 2 aromatic carbocycles. The van der Waals surface area contributed by atoms with Gasteiger partial charge in [0.05, 0.1) is 4.90 Å². The highest BCUT2D eigenvalue weighted by atomic mass is 32.2. The van der Waals surface area contributed by atoms with Crippen LogP contribution in [0.25, 0.3) is 0 Å². The van der Waals surface area contributed by atoms with E-state index in [9.17, 15) is 13.5 Å². The molecule has 0 fully saturated rings. The predicted octanol–water partition coefficient (Wildman–Crippen LogP) is 2.20. The van der Waals surface area contributed by atoms with E-state index in [4.69, 9.17) is 0 Å². The van der Waals surface area contributed by atoms with Crippen LogP contribution >= 0.6 is 0 Å². The third-order valence-corrected chi connectivity index (χ3v) is 3.50. The first-order valence-electron chi connectivity index (χ1n) is 5.22. The van der Waals surface area contributed by atoms with Gasteiger partial charge < -0.3 is 5.11 Å². The molecule has 0 amide bonds.